The summed E-state index contributed by atoms with van der Waals surface area (Å²) >= 11 is 0. The number of amides is 2. The Hall–Kier alpha value is -2.33. The molecule has 30 heavy (non-hydrogen) atoms. The molecule has 1 aromatic rings. The van der Waals surface area contributed by atoms with Crippen LogP contribution in [0.2, 0.25) is 0 Å². The fraction of sp³-hybridized carbons (Fsp3) is 0.600. The third-order valence-electron chi connectivity index (χ3n) is 5.73. The van der Waals surface area contributed by atoms with Gasteiger partial charge in [-0.25, -0.2) is 0 Å². The molecule has 2 aliphatic heterocycles. The topological polar surface area (TPSA) is 82.7 Å². The molecule has 2 unspecified atom stereocenters. The van der Waals surface area contributed by atoms with E-state index in [-0.39, 0.29) is 42.2 Å². The average Bonchev–Trinajstić information content (AvgIpc) is 3.37. The summed E-state index contributed by atoms with van der Waals surface area (Å²) in [5, 5.41) is 9.09. The molecule has 0 spiro atoms. The van der Waals surface area contributed by atoms with E-state index in [2.05, 4.69) is 25.6 Å². The second-order valence-electron chi connectivity index (χ2n) is 8.08. The lowest BCUT2D eigenvalue weighted by atomic mass is 10.0. The van der Waals surface area contributed by atoms with Gasteiger partial charge in [0.15, 0.2) is 0 Å². The molecule has 3 atom stereocenters. The van der Waals surface area contributed by atoms with E-state index in [1.807, 2.05) is 0 Å². The van der Waals surface area contributed by atoms with Crippen LogP contribution in [0.3, 0.4) is 0 Å². The van der Waals surface area contributed by atoms with Crippen LogP contribution in [0.5, 0.6) is 5.75 Å². The van der Waals surface area contributed by atoms with Crippen molar-refractivity contribution in [3.63, 3.8) is 0 Å². The van der Waals surface area contributed by atoms with Gasteiger partial charge in [0.05, 0.1) is 18.5 Å². The van der Waals surface area contributed by atoms with Crippen LogP contribution >= 0.6 is 0 Å². The number of nitrogens with one attached hydrogen (secondary N) is 3. The minimum Gasteiger partial charge on any atom is -0.406 e. The highest BCUT2D eigenvalue weighted by Crippen LogP contribution is 2.41. The third kappa shape index (κ3) is 5.23. The van der Waals surface area contributed by atoms with E-state index < -0.39 is 12.4 Å². The smallest absolute Gasteiger partial charge is 0.406 e. The lowest BCUT2D eigenvalue weighted by Gasteiger charge is -2.36. The lowest BCUT2D eigenvalue weighted by molar-refractivity contribution is -0.274. The van der Waals surface area contributed by atoms with Gasteiger partial charge in [-0.05, 0) is 49.3 Å². The first-order chi connectivity index (χ1) is 14.3. The molecule has 2 saturated heterocycles. The number of halogens is 3. The first-order valence-corrected chi connectivity index (χ1v) is 10.2. The standard InChI is InChI=1S/C20H25F3N4O3/c21-20(22,23)30-14-7-5-13(6-8-14)17(12-3-4-12)26-18(29)15-11-16(28)25-19(24-15)27-9-1-2-10-27/h5-8,12,15,17,19,24H,1-4,9-11H2,(H,25,28)(H,26,29)/t15?,17-,19?/m1/s1. The Morgan fingerprint density at radius 1 is 1.17 bits per heavy atom. The van der Waals surface area contributed by atoms with Crippen molar-refractivity contribution in [1.29, 1.82) is 0 Å². The van der Waals surface area contributed by atoms with Crippen molar-refractivity contribution < 1.29 is 27.5 Å². The summed E-state index contributed by atoms with van der Waals surface area (Å²) in [6, 6.07) is 4.62. The summed E-state index contributed by atoms with van der Waals surface area (Å²) in [5.74, 6) is -0.523. The second-order valence-corrected chi connectivity index (χ2v) is 8.08. The van der Waals surface area contributed by atoms with Crippen LogP contribution < -0.4 is 20.7 Å². The molecule has 0 radical (unpaired) electrons. The number of hydrogen-bond acceptors (Lipinski definition) is 5. The normalized spacial score (nSPS) is 26.2. The highest BCUT2D eigenvalue weighted by molar-refractivity contribution is 5.89. The minimum atomic E-state index is -4.75. The van der Waals surface area contributed by atoms with Crippen LogP contribution in [0.1, 0.15) is 43.7 Å². The zero-order chi connectivity index (χ0) is 21.3. The van der Waals surface area contributed by atoms with Crippen molar-refractivity contribution >= 4 is 11.8 Å². The van der Waals surface area contributed by atoms with Gasteiger partial charge >= 0.3 is 6.36 Å². The summed E-state index contributed by atoms with van der Waals surface area (Å²) in [6.07, 6.45) is -1.08. The van der Waals surface area contributed by atoms with E-state index in [0.717, 1.165) is 44.3 Å². The summed E-state index contributed by atoms with van der Waals surface area (Å²) in [6.45, 7) is 1.73. The van der Waals surface area contributed by atoms with Crippen LogP contribution in [-0.2, 0) is 9.59 Å². The maximum absolute atomic E-state index is 12.9. The number of carbonyl (C=O) groups is 2. The molecule has 3 fully saturated rings. The zero-order valence-corrected chi connectivity index (χ0v) is 16.4. The fourth-order valence-corrected chi connectivity index (χ4v) is 4.09. The number of alkyl halides is 3. The molecule has 2 heterocycles. The van der Waals surface area contributed by atoms with Gasteiger partial charge in [-0.2, -0.15) is 0 Å². The van der Waals surface area contributed by atoms with Gasteiger partial charge in [-0.3, -0.25) is 19.8 Å². The quantitative estimate of drug-likeness (QED) is 0.648. The van der Waals surface area contributed by atoms with Crippen LogP contribution in [0.15, 0.2) is 24.3 Å². The predicted molar refractivity (Wildman–Crippen MR) is 101 cm³/mol. The molecule has 1 saturated carbocycles. The van der Waals surface area contributed by atoms with E-state index >= 15 is 0 Å². The van der Waals surface area contributed by atoms with E-state index in [1.54, 1.807) is 12.1 Å². The van der Waals surface area contributed by atoms with Gasteiger partial charge in [-0.15, -0.1) is 13.2 Å². The number of hydrogen-bond donors (Lipinski definition) is 3. The van der Waals surface area contributed by atoms with Gasteiger partial charge in [0.25, 0.3) is 0 Å². The monoisotopic (exact) mass is 426 g/mol. The Labute approximate surface area is 172 Å². The third-order valence-corrected chi connectivity index (χ3v) is 5.73. The van der Waals surface area contributed by atoms with Crippen LogP contribution in [-0.4, -0.2) is 48.5 Å². The van der Waals surface area contributed by atoms with Crippen molar-refractivity contribution in [1.82, 2.24) is 20.9 Å². The van der Waals surface area contributed by atoms with Crippen molar-refractivity contribution in [3.05, 3.63) is 29.8 Å². The Bertz CT molecular complexity index is 776. The molecule has 4 rings (SSSR count). The molecule has 7 nitrogen and oxygen atoms in total. The van der Waals surface area contributed by atoms with Crippen LogP contribution in [0.25, 0.3) is 0 Å². The maximum Gasteiger partial charge on any atom is 0.573 e. The molecule has 1 aromatic carbocycles. The first-order valence-electron chi connectivity index (χ1n) is 10.2. The SMILES string of the molecule is O=C1CC(C(=O)N[C@@H](c2ccc(OC(F)(F)F)cc2)C2CC2)NC(N2CCCC2)N1. The summed E-state index contributed by atoms with van der Waals surface area (Å²) in [7, 11) is 0. The number of benzene rings is 1. The number of rotatable bonds is 6. The average molecular weight is 426 g/mol. The van der Waals surface area contributed by atoms with Crippen molar-refractivity contribution in [2.75, 3.05) is 13.1 Å². The summed E-state index contributed by atoms with van der Waals surface area (Å²) in [4.78, 5) is 27.2. The first kappa shape index (κ1) is 20.9. The number of likely N-dealkylation sites (tertiary alicyclic amines) is 1. The number of nitrogens with zero attached hydrogens (tertiary/aromatic N) is 1. The van der Waals surface area contributed by atoms with Gasteiger partial charge in [0.1, 0.15) is 12.0 Å². The minimum absolute atomic E-state index is 0.0475. The summed E-state index contributed by atoms with van der Waals surface area (Å²) in [5.41, 5.74) is 0.719. The largest absolute Gasteiger partial charge is 0.573 e. The van der Waals surface area contributed by atoms with E-state index in [1.165, 1.54) is 12.1 Å². The zero-order valence-electron chi connectivity index (χ0n) is 16.4. The van der Waals surface area contributed by atoms with Crippen LogP contribution in [0, 0.1) is 5.92 Å². The fourth-order valence-electron chi connectivity index (χ4n) is 4.09. The Kier molecular flexibility index (Phi) is 5.88. The molecule has 10 heteroatoms. The number of ether oxygens (including phenoxy) is 1. The molecular weight excluding hydrogens is 401 g/mol. The van der Waals surface area contributed by atoms with Crippen molar-refractivity contribution in [2.45, 2.75) is 56.8 Å². The molecule has 0 aromatic heterocycles. The van der Waals surface area contributed by atoms with E-state index in [9.17, 15) is 22.8 Å². The Balaban J connectivity index is 1.41. The molecular formula is C20H25F3N4O3. The highest BCUT2D eigenvalue weighted by atomic mass is 19.4. The van der Waals surface area contributed by atoms with Gasteiger partial charge in [-0.1, -0.05) is 12.1 Å². The Morgan fingerprint density at radius 3 is 2.43 bits per heavy atom. The van der Waals surface area contributed by atoms with Gasteiger partial charge < -0.3 is 15.4 Å². The van der Waals surface area contributed by atoms with Crippen molar-refractivity contribution in [3.8, 4) is 5.75 Å². The van der Waals surface area contributed by atoms with E-state index in [0.29, 0.717) is 0 Å². The summed E-state index contributed by atoms with van der Waals surface area (Å²) < 4.78 is 41.0. The molecule has 2 amide bonds. The second kappa shape index (κ2) is 8.43. The van der Waals surface area contributed by atoms with Crippen LogP contribution in [0.4, 0.5) is 13.2 Å². The van der Waals surface area contributed by atoms with Gasteiger partial charge in [0, 0.05) is 13.1 Å². The molecule has 0 bridgehead atoms. The van der Waals surface area contributed by atoms with Gasteiger partial charge in [0.2, 0.25) is 11.8 Å². The lowest BCUT2D eigenvalue weighted by Crippen LogP contribution is -2.66. The van der Waals surface area contributed by atoms with Crippen molar-refractivity contribution in [2.24, 2.45) is 5.92 Å². The molecule has 1 aliphatic carbocycles. The van der Waals surface area contributed by atoms with E-state index in [4.69, 9.17) is 0 Å². The molecule has 3 aliphatic rings. The Morgan fingerprint density at radius 2 is 1.83 bits per heavy atom. The molecule has 3 N–H and O–H groups in total. The highest BCUT2D eigenvalue weighted by Gasteiger charge is 2.38. The maximum atomic E-state index is 12.9. The molecule has 164 valence electrons. The number of carbonyl (C=O) groups excluding carboxylic acids is 2. The predicted octanol–water partition coefficient (Wildman–Crippen LogP) is 2.01.